The molecule has 0 aliphatic carbocycles. The molecular weight excluding hydrogens is 540 g/mol. The van der Waals surface area contributed by atoms with E-state index in [1.54, 1.807) is 36.2 Å². The topological polar surface area (TPSA) is 99.9 Å². The van der Waals surface area contributed by atoms with Gasteiger partial charge in [-0.25, -0.2) is 14.5 Å². The van der Waals surface area contributed by atoms with E-state index in [0.717, 1.165) is 42.8 Å². The maximum Gasteiger partial charge on any atom is 0.248 e. The quantitative estimate of drug-likeness (QED) is 0.225. The fourth-order valence-corrected chi connectivity index (χ4v) is 6.02. The Morgan fingerprint density at radius 3 is 2.93 bits per heavy atom. The number of nitrogens with zero attached hydrogens (tertiary/aromatic N) is 6. The highest BCUT2D eigenvalue weighted by molar-refractivity contribution is 6.33. The number of likely N-dealkylation sites (tertiary alicyclic amines) is 1. The van der Waals surface area contributed by atoms with E-state index in [1.165, 1.54) is 6.08 Å². The number of likely N-dealkylation sites (N-methyl/N-ethyl adjacent to an activating group) is 1. The van der Waals surface area contributed by atoms with Gasteiger partial charge >= 0.3 is 0 Å². The Labute approximate surface area is 243 Å². The van der Waals surface area contributed by atoms with Crippen molar-refractivity contribution < 1.29 is 9.53 Å². The summed E-state index contributed by atoms with van der Waals surface area (Å²) in [5.41, 5.74) is 4.40. The van der Waals surface area contributed by atoms with E-state index in [-0.39, 0.29) is 5.91 Å². The minimum atomic E-state index is -0.250. The van der Waals surface area contributed by atoms with Crippen LogP contribution in [0.2, 0.25) is 5.02 Å². The summed E-state index contributed by atoms with van der Waals surface area (Å²) < 4.78 is 7.59. The lowest BCUT2D eigenvalue weighted by Crippen LogP contribution is -2.35. The summed E-state index contributed by atoms with van der Waals surface area (Å²) in [5, 5.41) is 11.2. The fraction of sp³-hybridized carbons (Fsp3) is 0.267. The third-order valence-electron chi connectivity index (χ3n) is 7.67. The van der Waals surface area contributed by atoms with E-state index in [0.29, 0.717) is 45.7 Å². The lowest BCUT2D eigenvalue weighted by atomic mass is 10.0. The summed E-state index contributed by atoms with van der Waals surface area (Å²) in [6.07, 6.45) is 10.9. The molecule has 41 heavy (non-hydrogen) atoms. The molecule has 2 aliphatic heterocycles. The number of nitrogens with one attached hydrogen (secondary N) is 2. The Kier molecular flexibility index (Phi) is 7.34. The number of benzene rings is 1. The molecule has 2 N–H and O–H groups in total. The third-order valence-corrected chi connectivity index (χ3v) is 7.95. The number of pyridine rings is 1. The Hall–Kier alpha value is -4.41. The summed E-state index contributed by atoms with van der Waals surface area (Å²) >= 11 is 6.54. The Bertz CT molecular complexity index is 1650. The maximum absolute atomic E-state index is 12.8. The van der Waals surface area contributed by atoms with Crippen molar-refractivity contribution in [3.8, 4) is 17.0 Å². The number of methoxy groups -OCH3 is 1. The number of carbonyl (C=O) groups is 1. The van der Waals surface area contributed by atoms with Gasteiger partial charge in [0.05, 0.1) is 52.8 Å². The van der Waals surface area contributed by atoms with Gasteiger partial charge in [-0.3, -0.25) is 4.79 Å². The van der Waals surface area contributed by atoms with Gasteiger partial charge in [0.2, 0.25) is 11.9 Å². The van der Waals surface area contributed by atoms with Crippen LogP contribution in [0.5, 0.6) is 5.75 Å². The van der Waals surface area contributed by atoms with Crippen LogP contribution in [0, 0.1) is 5.92 Å². The average Bonchev–Trinajstić information content (AvgIpc) is 3.67. The molecule has 0 unspecified atom stereocenters. The highest BCUT2D eigenvalue weighted by atomic mass is 35.5. The van der Waals surface area contributed by atoms with Crippen LogP contribution in [0.1, 0.15) is 6.42 Å². The number of anilines is 4. The predicted molar refractivity (Wildman–Crippen MR) is 162 cm³/mol. The second-order valence-corrected chi connectivity index (χ2v) is 10.7. The molecule has 2 aliphatic rings. The van der Waals surface area contributed by atoms with Crippen molar-refractivity contribution in [1.29, 1.82) is 0 Å². The molecule has 2 saturated heterocycles. The summed E-state index contributed by atoms with van der Waals surface area (Å²) in [6.45, 7) is 6.62. The molecule has 0 spiro atoms. The molecule has 1 amide bonds. The number of fused-ring (bicyclic) bond motifs is 2. The number of halogens is 1. The fourth-order valence-electron chi connectivity index (χ4n) is 5.83. The lowest BCUT2D eigenvalue weighted by Gasteiger charge is -2.29. The number of amides is 1. The molecule has 2 atom stereocenters. The van der Waals surface area contributed by atoms with Gasteiger partial charge in [0.25, 0.3) is 0 Å². The molecule has 11 heteroatoms. The monoisotopic (exact) mass is 570 g/mol. The van der Waals surface area contributed by atoms with Gasteiger partial charge in [-0.15, -0.1) is 0 Å². The number of ether oxygens (including phenoxy) is 1. The van der Waals surface area contributed by atoms with Crippen LogP contribution >= 0.6 is 11.6 Å². The zero-order valence-electron chi connectivity index (χ0n) is 22.9. The van der Waals surface area contributed by atoms with E-state index in [1.807, 2.05) is 36.5 Å². The molecule has 4 aromatic rings. The zero-order chi connectivity index (χ0) is 28.5. The highest BCUT2D eigenvalue weighted by Crippen LogP contribution is 2.43. The Balaban J connectivity index is 1.38. The average molecular weight is 571 g/mol. The van der Waals surface area contributed by atoms with Crippen molar-refractivity contribution in [3.63, 3.8) is 0 Å². The van der Waals surface area contributed by atoms with Crippen molar-refractivity contribution in [2.75, 3.05) is 49.3 Å². The number of hydrogen-bond acceptors (Lipinski definition) is 8. The van der Waals surface area contributed by atoms with E-state index in [4.69, 9.17) is 21.3 Å². The molecule has 210 valence electrons. The molecule has 10 nitrogen and oxygen atoms in total. The zero-order valence-corrected chi connectivity index (χ0v) is 23.7. The number of aromatic nitrogens is 4. The van der Waals surface area contributed by atoms with Gasteiger partial charge in [-0.05, 0) is 37.6 Å². The first kappa shape index (κ1) is 26.8. The second-order valence-electron chi connectivity index (χ2n) is 10.3. The predicted octanol–water partition coefficient (Wildman–Crippen LogP) is 5.02. The van der Waals surface area contributed by atoms with Crippen molar-refractivity contribution in [2.24, 2.45) is 5.92 Å². The van der Waals surface area contributed by atoms with Crippen LogP contribution in [-0.2, 0) is 4.79 Å². The second kappa shape index (κ2) is 11.2. The molecule has 6 rings (SSSR count). The number of hydrogen-bond donors (Lipinski definition) is 2. The third kappa shape index (κ3) is 5.23. The van der Waals surface area contributed by atoms with Crippen LogP contribution in [0.15, 0.2) is 73.7 Å². The summed E-state index contributed by atoms with van der Waals surface area (Å²) in [6, 6.07) is 10.0. The molecule has 3 aromatic heterocycles. The SMILES string of the molecule is C=C/C=C/C(=O)Nc1cc(Nc2ncc(Cl)c(-c3cnn4ccccc34)n2)c(OC)cc1N1CC[C@@H]2CN(C)C[C@@H]21. The molecule has 0 radical (unpaired) electrons. The summed E-state index contributed by atoms with van der Waals surface area (Å²) in [5.74, 6) is 1.27. The van der Waals surface area contributed by atoms with Gasteiger partial charge in [0.1, 0.15) is 5.75 Å². The Morgan fingerprint density at radius 1 is 1.22 bits per heavy atom. The smallest absolute Gasteiger partial charge is 0.248 e. The van der Waals surface area contributed by atoms with Crippen LogP contribution in [0.25, 0.3) is 16.8 Å². The van der Waals surface area contributed by atoms with Crippen molar-refractivity contribution >= 4 is 46.0 Å². The maximum atomic E-state index is 12.8. The first-order chi connectivity index (χ1) is 19.9. The number of allylic oxidation sites excluding steroid dienone is 2. The van der Waals surface area contributed by atoms with Crippen LogP contribution in [-0.4, -0.2) is 70.2 Å². The van der Waals surface area contributed by atoms with E-state index >= 15 is 0 Å². The summed E-state index contributed by atoms with van der Waals surface area (Å²) in [7, 11) is 3.78. The highest BCUT2D eigenvalue weighted by Gasteiger charge is 2.41. The summed E-state index contributed by atoms with van der Waals surface area (Å²) in [4.78, 5) is 26.7. The van der Waals surface area contributed by atoms with Gasteiger partial charge < -0.3 is 25.2 Å². The largest absolute Gasteiger partial charge is 0.494 e. The number of carbonyl (C=O) groups excluding carboxylic acids is 1. The van der Waals surface area contributed by atoms with Gasteiger partial charge in [-0.1, -0.05) is 36.4 Å². The van der Waals surface area contributed by atoms with Crippen LogP contribution < -0.4 is 20.3 Å². The minimum Gasteiger partial charge on any atom is -0.494 e. The molecule has 2 fully saturated rings. The molecule has 0 bridgehead atoms. The molecule has 5 heterocycles. The lowest BCUT2D eigenvalue weighted by molar-refractivity contribution is -0.111. The van der Waals surface area contributed by atoms with Gasteiger partial charge in [-0.2, -0.15) is 5.10 Å². The van der Waals surface area contributed by atoms with E-state index in [2.05, 4.69) is 44.1 Å². The standard InChI is InChI=1S/C30H31ClN8O2/c1-4-5-9-28(40)34-22-13-23(27(41-3)14-25(22)38-12-10-19-17-37(2)18-26(19)38)35-30-32-16-21(31)29(36-30)20-15-33-39-11-7-6-8-24(20)39/h4-9,11,13-16,19,26H,1,10,12,17-18H2,2-3H3,(H,34,40)(H,32,35,36)/b9-5+/t19-,26+/m1/s1. The first-order valence-electron chi connectivity index (χ1n) is 13.4. The molecule has 1 aromatic carbocycles. The van der Waals surface area contributed by atoms with Crippen molar-refractivity contribution in [3.05, 3.63) is 78.8 Å². The van der Waals surface area contributed by atoms with E-state index < -0.39 is 0 Å². The minimum absolute atomic E-state index is 0.250. The van der Waals surface area contributed by atoms with Crippen LogP contribution in [0.3, 0.4) is 0 Å². The Morgan fingerprint density at radius 2 is 2.10 bits per heavy atom. The normalized spacial score (nSPS) is 18.7. The van der Waals surface area contributed by atoms with Gasteiger partial charge in [0, 0.05) is 49.6 Å². The van der Waals surface area contributed by atoms with Crippen molar-refractivity contribution in [1.82, 2.24) is 24.5 Å². The number of rotatable bonds is 8. The first-order valence-corrected chi connectivity index (χ1v) is 13.8. The van der Waals surface area contributed by atoms with E-state index in [9.17, 15) is 4.79 Å². The molecule has 0 saturated carbocycles. The van der Waals surface area contributed by atoms with Crippen LogP contribution in [0.4, 0.5) is 23.0 Å². The van der Waals surface area contributed by atoms with Crippen molar-refractivity contribution in [2.45, 2.75) is 12.5 Å². The van der Waals surface area contributed by atoms with Gasteiger partial charge in [0.15, 0.2) is 0 Å². The molecular formula is C30H31ClN8O2.